The molecule has 0 aromatic rings. The van der Waals surface area contributed by atoms with E-state index in [1.807, 2.05) is 6.92 Å². The van der Waals surface area contributed by atoms with Crippen molar-refractivity contribution in [1.29, 1.82) is 0 Å². The number of hydrogen-bond acceptors (Lipinski definition) is 3. The van der Waals surface area contributed by atoms with Crippen molar-refractivity contribution in [3.8, 4) is 0 Å². The minimum atomic E-state index is -0.373. The lowest BCUT2D eigenvalue weighted by Crippen LogP contribution is -2.44. The Bertz CT molecular complexity index is 237. The van der Waals surface area contributed by atoms with Gasteiger partial charge in [0.15, 0.2) is 0 Å². The minimum absolute atomic E-state index is 0. The summed E-state index contributed by atoms with van der Waals surface area (Å²) < 4.78 is 0. The maximum Gasteiger partial charge on any atom is 0.237 e. The number of carbonyl (C=O) groups is 1. The van der Waals surface area contributed by atoms with E-state index in [9.17, 15) is 9.90 Å². The van der Waals surface area contributed by atoms with Crippen molar-refractivity contribution in [2.45, 2.75) is 58.2 Å². The molecule has 0 bridgehead atoms. The van der Waals surface area contributed by atoms with Crippen LogP contribution in [0, 0.1) is 5.92 Å². The first-order valence-corrected chi connectivity index (χ1v) is 6.21. The van der Waals surface area contributed by atoms with Gasteiger partial charge in [0.25, 0.3) is 0 Å². The Hall–Kier alpha value is -0.320. The third kappa shape index (κ3) is 6.24. The van der Waals surface area contributed by atoms with Crippen LogP contribution in [0.2, 0.25) is 0 Å². The summed E-state index contributed by atoms with van der Waals surface area (Å²) in [7, 11) is 0. The second-order valence-corrected chi connectivity index (χ2v) is 5.23. The maximum absolute atomic E-state index is 11.8. The first-order chi connectivity index (χ1) is 7.49. The fraction of sp³-hybridized carbons (Fsp3) is 0.917. The van der Waals surface area contributed by atoms with Gasteiger partial charge < -0.3 is 15.7 Å². The van der Waals surface area contributed by atoms with Crippen molar-refractivity contribution in [2.75, 3.05) is 6.54 Å². The van der Waals surface area contributed by atoms with E-state index in [0.717, 1.165) is 12.8 Å². The molecule has 4 nitrogen and oxygen atoms in total. The van der Waals surface area contributed by atoms with Gasteiger partial charge in [-0.15, -0.1) is 12.4 Å². The third-order valence-electron chi connectivity index (χ3n) is 2.99. The number of aliphatic hydroxyl groups excluding tert-OH is 1. The van der Waals surface area contributed by atoms with Crippen LogP contribution in [0.3, 0.4) is 0 Å². The largest absolute Gasteiger partial charge is 0.392 e. The molecule has 3 N–H and O–H groups in total. The van der Waals surface area contributed by atoms with Crippen molar-refractivity contribution in [2.24, 2.45) is 5.92 Å². The first kappa shape index (κ1) is 16.7. The quantitative estimate of drug-likeness (QED) is 0.696. The van der Waals surface area contributed by atoms with E-state index in [4.69, 9.17) is 0 Å². The van der Waals surface area contributed by atoms with Crippen molar-refractivity contribution in [3.05, 3.63) is 0 Å². The maximum atomic E-state index is 11.8. The predicted molar refractivity (Wildman–Crippen MR) is 71.3 cm³/mol. The summed E-state index contributed by atoms with van der Waals surface area (Å²) in [6.07, 6.45) is 2.30. The van der Waals surface area contributed by atoms with E-state index in [0.29, 0.717) is 18.9 Å². The first-order valence-electron chi connectivity index (χ1n) is 6.21. The molecule has 1 aliphatic heterocycles. The highest BCUT2D eigenvalue weighted by atomic mass is 35.5. The SMILES string of the molecule is CC(C)CCC(C)NC(=O)C1CC(O)CN1.Cl. The molecule has 1 fully saturated rings. The summed E-state index contributed by atoms with van der Waals surface area (Å²) in [4.78, 5) is 11.8. The van der Waals surface area contributed by atoms with Crippen LogP contribution in [-0.2, 0) is 4.79 Å². The molecule has 0 aliphatic carbocycles. The van der Waals surface area contributed by atoms with Gasteiger partial charge in [0, 0.05) is 12.6 Å². The van der Waals surface area contributed by atoms with E-state index in [2.05, 4.69) is 24.5 Å². The third-order valence-corrected chi connectivity index (χ3v) is 2.99. The van der Waals surface area contributed by atoms with Gasteiger partial charge in [0.1, 0.15) is 0 Å². The average molecular weight is 265 g/mol. The lowest BCUT2D eigenvalue weighted by molar-refractivity contribution is -0.123. The molecule has 0 saturated carbocycles. The Morgan fingerprint density at radius 2 is 2.06 bits per heavy atom. The molecule has 1 amide bonds. The number of β-amino-alcohol motifs (C(OH)–C–C–N with tert-alkyl or cyclic N) is 1. The van der Waals surface area contributed by atoms with Crippen LogP contribution in [0.15, 0.2) is 0 Å². The van der Waals surface area contributed by atoms with Gasteiger partial charge in [-0.25, -0.2) is 0 Å². The van der Waals surface area contributed by atoms with E-state index in [1.54, 1.807) is 0 Å². The Morgan fingerprint density at radius 3 is 2.53 bits per heavy atom. The summed E-state index contributed by atoms with van der Waals surface area (Å²) in [6.45, 7) is 6.93. The second-order valence-electron chi connectivity index (χ2n) is 5.23. The summed E-state index contributed by atoms with van der Waals surface area (Å²) >= 11 is 0. The Morgan fingerprint density at radius 1 is 1.41 bits per heavy atom. The Labute approximate surface area is 110 Å². The molecule has 102 valence electrons. The molecular weight excluding hydrogens is 240 g/mol. The van der Waals surface area contributed by atoms with Gasteiger partial charge in [-0.2, -0.15) is 0 Å². The number of halogens is 1. The Balaban J connectivity index is 0.00000256. The van der Waals surface area contributed by atoms with E-state index in [-0.39, 0.29) is 36.5 Å². The zero-order valence-corrected chi connectivity index (χ0v) is 11.7. The summed E-state index contributed by atoms with van der Waals surface area (Å²) in [5.41, 5.74) is 0. The highest BCUT2D eigenvalue weighted by Crippen LogP contribution is 2.09. The fourth-order valence-corrected chi connectivity index (χ4v) is 1.92. The van der Waals surface area contributed by atoms with Crippen molar-refractivity contribution in [3.63, 3.8) is 0 Å². The summed E-state index contributed by atoms with van der Waals surface area (Å²) in [5, 5.41) is 15.3. The van der Waals surface area contributed by atoms with Crippen molar-refractivity contribution in [1.82, 2.24) is 10.6 Å². The number of hydrogen-bond donors (Lipinski definition) is 3. The Kier molecular flexibility index (Phi) is 7.75. The molecule has 3 unspecified atom stereocenters. The number of nitrogens with one attached hydrogen (secondary N) is 2. The second kappa shape index (κ2) is 7.90. The van der Waals surface area contributed by atoms with Crippen LogP contribution >= 0.6 is 12.4 Å². The van der Waals surface area contributed by atoms with Crippen LogP contribution < -0.4 is 10.6 Å². The van der Waals surface area contributed by atoms with Gasteiger partial charge in [-0.1, -0.05) is 13.8 Å². The highest BCUT2D eigenvalue weighted by molar-refractivity contribution is 5.85. The van der Waals surface area contributed by atoms with Crippen LogP contribution in [0.1, 0.15) is 40.0 Å². The number of aliphatic hydroxyl groups is 1. The number of rotatable bonds is 5. The highest BCUT2D eigenvalue weighted by Gasteiger charge is 2.28. The molecule has 1 rings (SSSR count). The zero-order valence-electron chi connectivity index (χ0n) is 10.9. The molecule has 0 aromatic carbocycles. The molecule has 5 heteroatoms. The van der Waals surface area contributed by atoms with Crippen LogP contribution in [0.4, 0.5) is 0 Å². The van der Waals surface area contributed by atoms with Gasteiger partial charge in [0.05, 0.1) is 12.1 Å². The van der Waals surface area contributed by atoms with Gasteiger partial charge in [-0.3, -0.25) is 4.79 Å². The van der Waals surface area contributed by atoms with E-state index >= 15 is 0 Å². The molecule has 17 heavy (non-hydrogen) atoms. The molecule has 1 heterocycles. The molecule has 0 radical (unpaired) electrons. The standard InChI is InChI=1S/C12H24N2O2.ClH/c1-8(2)4-5-9(3)14-12(16)11-6-10(15)7-13-11;/h8-11,13,15H,4-7H2,1-3H3,(H,14,16);1H. The summed E-state index contributed by atoms with van der Waals surface area (Å²) in [6, 6.07) is 0.00550. The van der Waals surface area contributed by atoms with Gasteiger partial charge in [0.2, 0.25) is 5.91 Å². The fourth-order valence-electron chi connectivity index (χ4n) is 1.92. The van der Waals surface area contributed by atoms with E-state index in [1.165, 1.54) is 0 Å². The number of amides is 1. The summed E-state index contributed by atoms with van der Waals surface area (Å²) in [5.74, 6) is 0.693. The lowest BCUT2D eigenvalue weighted by Gasteiger charge is -2.17. The molecule has 0 aromatic heterocycles. The van der Waals surface area contributed by atoms with Gasteiger partial charge >= 0.3 is 0 Å². The number of carbonyl (C=O) groups excluding carboxylic acids is 1. The molecule has 1 saturated heterocycles. The van der Waals surface area contributed by atoms with Crippen molar-refractivity contribution < 1.29 is 9.90 Å². The topological polar surface area (TPSA) is 61.4 Å². The zero-order chi connectivity index (χ0) is 12.1. The molecule has 3 atom stereocenters. The van der Waals surface area contributed by atoms with Crippen LogP contribution in [-0.4, -0.2) is 35.7 Å². The van der Waals surface area contributed by atoms with Gasteiger partial charge in [-0.05, 0) is 32.1 Å². The average Bonchev–Trinajstić information content (AvgIpc) is 2.62. The minimum Gasteiger partial charge on any atom is -0.392 e. The predicted octanol–water partition coefficient (Wildman–Crippen LogP) is 1.07. The lowest BCUT2D eigenvalue weighted by atomic mass is 10.0. The van der Waals surface area contributed by atoms with E-state index < -0.39 is 0 Å². The molecule has 0 spiro atoms. The molecule has 1 aliphatic rings. The van der Waals surface area contributed by atoms with Crippen LogP contribution in [0.5, 0.6) is 0 Å². The normalized spacial score (nSPS) is 25.5. The van der Waals surface area contributed by atoms with Crippen LogP contribution in [0.25, 0.3) is 0 Å². The monoisotopic (exact) mass is 264 g/mol. The van der Waals surface area contributed by atoms with Crippen molar-refractivity contribution >= 4 is 18.3 Å². The smallest absolute Gasteiger partial charge is 0.237 e. The molecular formula is C12H25ClN2O2.